The van der Waals surface area contributed by atoms with Crippen LogP contribution in [-0.4, -0.2) is 58.8 Å². The first-order valence-corrected chi connectivity index (χ1v) is 15.2. The number of aliphatic carboxylic acids is 3. The van der Waals surface area contributed by atoms with Crippen LogP contribution >= 0.6 is 0 Å². The molecule has 0 aliphatic carbocycles. The molecule has 0 aliphatic heterocycles. The lowest BCUT2D eigenvalue weighted by Crippen LogP contribution is -2.52. The summed E-state index contributed by atoms with van der Waals surface area (Å²) in [6.07, 6.45) is 20.5. The summed E-state index contributed by atoms with van der Waals surface area (Å²) < 4.78 is 0.584. The van der Waals surface area contributed by atoms with Crippen molar-refractivity contribution < 1.29 is 34.2 Å². The van der Waals surface area contributed by atoms with E-state index in [-0.39, 0.29) is 0 Å². The Hall–Kier alpha value is -1.89. The molecule has 2 N–H and O–H groups in total. The fourth-order valence-corrected chi connectivity index (χ4v) is 4.85. The second-order valence-electron chi connectivity index (χ2n) is 11.5. The molecular formula is C31H57NO6. The number of carboxylic acids is 3. The summed E-state index contributed by atoms with van der Waals surface area (Å²) in [5, 5.41) is 30.1. The number of rotatable bonds is 26. The molecule has 3 unspecified atom stereocenters. The maximum absolute atomic E-state index is 11.5. The SMILES string of the molecule is CC/C=C/CCCCCCCCCCCC[N+](CCC(C)C(=O)[O-])(CCC(C)C(=O)O)CCC(C)C(=O)O. The van der Waals surface area contributed by atoms with Crippen LogP contribution in [-0.2, 0) is 14.4 Å². The molecule has 38 heavy (non-hydrogen) atoms. The van der Waals surface area contributed by atoms with Gasteiger partial charge < -0.3 is 24.6 Å². The van der Waals surface area contributed by atoms with Gasteiger partial charge >= 0.3 is 11.9 Å². The number of carbonyl (C=O) groups excluding carboxylic acids is 1. The largest absolute Gasteiger partial charge is 0.550 e. The van der Waals surface area contributed by atoms with Gasteiger partial charge in [0.15, 0.2) is 0 Å². The highest BCUT2D eigenvalue weighted by molar-refractivity contribution is 5.69. The Bertz CT molecular complexity index is 617. The van der Waals surface area contributed by atoms with E-state index in [1.807, 2.05) is 0 Å². The molecule has 0 radical (unpaired) electrons. The van der Waals surface area contributed by atoms with Gasteiger partial charge in [-0.3, -0.25) is 9.59 Å². The maximum Gasteiger partial charge on any atom is 0.306 e. The van der Waals surface area contributed by atoms with Gasteiger partial charge in [0.1, 0.15) is 0 Å². The maximum atomic E-state index is 11.5. The summed E-state index contributed by atoms with van der Waals surface area (Å²) in [6, 6.07) is 0. The van der Waals surface area contributed by atoms with Crippen molar-refractivity contribution in [3.8, 4) is 0 Å². The lowest BCUT2D eigenvalue weighted by Gasteiger charge is -2.41. The molecule has 0 aliphatic rings. The Morgan fingerprint density at radius 2 is 1.03 bits per heavy atom. The molecule has 0 saturated carbocycles. The normalized spacial score (nSPS) is 15.7. The molecule has 3 atom stereocenters. The second-order valence-corrected chi connectivity index (χ2v) is 11.5. The van der Waals surface area contributed by atoms with Crippen molar-refractivity contribution in [1.29, 1.82) is 0 Å². The third-order valence-corrected chi connectivity index (χ3v) is 8.01. The van der Waals surface area contributed by atoms with E-state index in [2.05, 4.69) is 19.1 Å². The van der Waals surface area contributed by atoms with E-state index in [1.54, 1.807) is 20.8 Å². The van der Waals surface area contributed by atoms with E-state index in [9.17, 15) is 29.7 Å². The first-order valence-electron chi connectivity index (χ1n) is 15.2. The van der Waals surface area contributed by atoms with Crippen molar-refractivity contribution in [3.63, 3.8) is 0 Å². The first kappa shape index (κ1) is 36.1. The van der Waals surface area contributed by atoms with Crippen molar-refractivity contribution in [1.82, 2.24) is 0 Å². The Balaban J connectivity index is 4.76. The molecule has 0 heterocycles. The summed E-state index contributed by atoms with van der Waals surface area (Å²) in [6.45, 7) is 9.87. The van der Waals surface area contributed by atoms with Crippen LogP contribution in [0.1, 0.15) is 124 Å². The molecule has 0 aromatic rings. The Kier molecular flexibility index (Phi) is 20.9. The standard InChI is InChI=1S/C31H57NO6/c1-5-6-7-8-9-10-11-12-13-14-15-16-17-18-22-32(23-19-26(2)29(33)34,24-20-27(3)30(35)36)25-21-28(4)31(37)38/h6-7,26-28H,5,8-25H2,1-4H3,(H2-,33,34,35,36,37,38)/b7-6+. The second kappa shape index (κ2) is 22.0. The Morgan fingerprint density at radius 3 is 1.42 bits per heavy atom. The minimum absolute atomic E-state index is 0.445. The number of unbranched alkanes of at least 4 members (excludes halogenated alkanes) is 10. The zero-order valence-corrected chi connectivity index (χ0v) is 24.8. The Labute approximate surface area is 232 Å². The number of nitrogens with zero attached hydrogens (tertiary/aromatic N) is 1. The van der Waals surface area contributed by atoms with Crippen molar-refractivity contribution in [2.24, 2.45) is 17.8 Å². The highest BCUT2D eigenvalue weighted by atomic mass is 16.4. The van der Waals surface area contributed by atoms with E-state index >= 15 is 0 Å². The molecule has 222 valence electrons. The van der Waals surface area contributed by atoms with Crippen molar-refractivity contribution >= 4 is 17.9 Å². The van der Waals surface area contributed by atoms with Gasteiger partial charge in [-0.25, -0.2) is 0 Å². The topological polar surface area (TPSA) is 115 Å². The Morgan fingerprint density at radius 1 is 0.632 bits per heavy atom. The molecule has 0 fully saturated rings. The van der Waals surface area contributed by atoms with Gasteiger partial charge in [0.2, 0.25) is 0 Å². The summed E-state index contributed by atoms with van der Waals surface area (Å²) in [5.41, 5.74) is 0. The van der Waals surface area contributed by atoms with Crippen LogP contribution in [0.5, 0.6) is 0 Å². The average molecular weight is 540 g/mol. The van der Waals surface area contributed by atoms with Gasteiger partial charge in [-0.2, -0.15) is 0 Å². The van der Waals surface area contributed by atoms with Gasteiger partial charge in [-0.1, -0.05) is 84.8 Å². The lowest BCUT2D eigenvalue weighted by atomic mass is 10.0. The predicted molar refractivity (Wildman–Crippen MR) is 152 cm³/mol. The number of carbonyl (C=O) groups is 3. The minimum Gasteiger partial charge on any atom is -0.550 e. The van der Waals surface area contributed by atoms with Crippen LogP contribution in [0, 0.1) is 17.8 Å². The van der Waals surface area contributed by atoms with Crippen LogP contribution in [0.3, 0.4) is 0 Å². The van der Waals surface area contributed by atoms with Gasteiger partial charge in [0.05, 0.1) is 38.0 Å². The van der Waals surface area contributed by atoms with Gasteiger partial charge in [-0.05, 0) is 32.1 Å². The molecule has 0 bridgehead atoms. The predicted octanol–water partition coefficient (Wildman–Crippen LogP) is 6.06. The highest BCUT2D eigenvalue weighted by Crippen LogP contribution is 2.22. The quantitative estimate of drug-likeness (QED) is 0.0784. The first-order chi connectivity index (χ1) is 18.0. The molecule has 0 aromatic carbocycles. The van der Waals surface area contributed by atoms with E-state index < -0.39 is 35.7 Å². The van der Waals surface area contributed by atoms with Crippen molar-refractivity contribution in [2.45, 2.75) is 124 Å². The molecule has 0 rings (SSSR count). The summed E-state index contributed by atoms with van der Waals surface area (Å²) in [4.78, 5) is 34.2. The van der Waals surface area contributed by atoms with E-state index in [1.165, 1.54) is 51.4 Å². The summed E-state index contributed by atoms with van der Waals surface area (Å²) in [5.74, 6) is -4.31. The fourth-order valence-electron chi connectivity index (χ4n) is 4.85. The molecule has 0 amide bonds. The van der Waals surface area contributed by atoms with Crippen molar-refractivity contribution in [2.75, 3.05) is 26.2 Å². The minimum atomic E-state index is -1.07. The molecule has 7 heteroatoms. The molecular weight excluding hydrogens is 482 g/mol. The molecule has 7 nitrogen and oxygen atoms in total. The van der Waals surface area contributed by atoms with Gasteiger partial charge in [0, 0.05) is 31.1 Å². The van der Waals surface area contributed by atoms with Crippen molar-refractivity contribution in [3.05, 3.63) is 12.2 Å². The van der Waals surface area contributed by atoms with Crippen LogP contribution in [0.25, 0.3) is 0 Å². The molecule has 0 aromatic heterocycles. The average Bonchev–Trinajstić information content (AvgIpc) is 2.88. The third-order valence-electron chi connectivity index (χ3n) is 8.01. The van der Waals surface area contributed by atoms with E-state index in [4.69, 9.17) is 0 Å². The highest BCUT2D eigenvalue weighted by Gasteiger charge is 2.30. The zero-order chi connectivity index (χ0) is 28.8. The molecule has 0 saturated heterocycles. The smallest absolute Gasteiger partial charge is 0.306 e. The number of carboxylic acid groups (broad SMARTS) is 3. The van der Waals surface area contributed by atoms with Crippen LogP contribution in [0.2, 0.25) is 0 Å². The zero-order valence-electron chi connectivity index (χ0n) is 24.8. The summed E-state index contributed by atoms with van der Waals surface area (Å²) >= 11 is 0. The number of allylic oxidation sites excluding steroid dienone is 2. The number of hydrogen-bond acceptors (Lipinski definition) is 4. The summed E-state index contributed by atoms with van der Waals surface area (Å²) in [7, 11) is 0. The molecule has 0 spiro atoms. The number of quaternary nitrogens is 1. The van der Waals surface area contributed by atoms with E-state index in [0.29, 0.717) is 43.4 Å². The van der Waals surface area contributed by atoms with Crippen LogP contribution < -0.4 is 5.11 Å². The lowest BCUT2D eigenvalue weighted by molar-refractivity contribution is -0.929. The monoisotopic (exact) mass is 539 g/mol. The van der Waals surface area contributed by atoms with Gasteiger partial charge in [0.25, 0.3) is 0 Å². The number of hydrogen-bond donors (Lipinski definition) is 2. The van der Waals surface area contributed by atoms with Gasteiger partial charge in [-0.15, -0.1) is 0 Å². The van der Waals surface area contributed by atoms with Crippen LogP contribution in [0.15, 0.2) is 12.2 Å². The third kappa shape index (κ3) is 18.4. The van der Waals surface area contributed by atoms with E-state index in [0.717, 1.165) is 32.2 Å². The van der Waals surface area contributed by atoms with Crippen LogP contribution in [0.4, 0.5) is 0 Å². The fraction of sp³-hybridized carbons (Fsp3) is 0.839.